The number of carbonyl (C=O) groups excluding carboxylic acids is 1. The van der Waals surface area contributed by atoms with Crippen molar-refractivity contribution < 1.29 is 45.3 Å². The summed E-state index contributed by atoms with van der Waals surface area (Å²) in [7, 11) is 2.93. The van der Waals surface area contributed by atoms with Crippen LogP contribution in [0.5, 0.6) is 17.2 Å². The van der Waals surface area contributed by atoms with E-state index in [1.54, 1.807) is 18.2 Å². The van der Waals surface area contributed by atoms with Crippen LogP contribution in [0.2, 0.25) is 0 Å². The molecule has 1 aliphatic rings. The van der Waals surface area contributed by atoms with Gasteiger partial charge in [-0.15, -0.1) is 0 Å². The highest BCUT2D eigenvalue weighted by molar-refractivity contribution is 6.07. The van der Waals surface area contributed by atoms with Gasteiger partial charge in [0.15, 0.2) is 17.2 Å². The smallest absolute Gasteiger partial charge is 0.435 e. The predicted octanol–water partition coefficient (Wildman–Crippen LogP) is 5.34. The highest BCUT2D eigenvalue weighted by Crippen LogP contribution is 2.38. The van der Waals surface area contributed by atoms with Gasteiger partial charge in [-0.2, -0.15) is 31.4 Å². The van der Waals surface area contributed by atoms with Crippen molar-refractivity contribution in [2.24, 2.45) is 0 Å². The Balaban J connectivity index is 1.56. The number of methoxy groups -OCH3 is 2. The van der Waals surface area contributed by atoms with Crippen LogP contribution in [-0.4, -0.2) is 36.5 Å². The molecule has 1 aromatic heterocycles. The molecule has 1 N–H and O–H groups in total. The molecule has 1 amide bonds. The van der Waals surface area contributed by atoms with E-state index in [2.05, 4.69) is 10.4 Å². The summed E-state index contributed by atoms with van der Waals surface area (Å²) in [5.41, 5.74) is -2.52. The minimum atomic E-state index is -5.07. The van der Waals surface area contributed by atoms with Gasteiger partial charge in [0.2, 0.25) is 0 Å². The van der Waals surface area contributed by atoms with Crippen molar-refractivity contribution >= 4 is 17.7 Å². The maximum absolute atomic E-state index is 13.3. The molecule has 1 aliphatic heterocycles. The summed E-state index contributed by atoms with van der Waals surface area (Å²) in [5, 5.41) is 5.64. The molecule has 36 heavy (non-hydrogen) atoms. The van der Waals surface area contributed by atoms with Crippen molar-refractivity contribution in [3.63, 3.8) is 0 Å². The summed E-state index contributed by atoms with van der Waals surface area (Å²) >= 11 is 0. The van der Waals surface area contributed by atoms with Crippen molar-refractivity contribution in [3.05, 3.63) is 65.0 Å². The van der Waals surface area contributed by atoms with E-state index >= 15 is 0 Å². The van der Waals surface area contributed by atoms with Crippen LogP contribution < -0.4 is 19.5 Å². The Morgan fingerprint density at radius 3 is 2.19 bits per heavy atom. The molecule has 0 aliphatic carbocycles. The molecule has 0 bridgehead atoms. The van der Waals surface area contributed by atoms with Crippen LogP contribution in [-0.2, 0) is 17.1 Å². The molecule has 0 atom stereocenters. The molecular weight excluding hydrogens is 496 g/mol. The Hall–Kier alpha value is -4.16. The van der Waals surface area contributed by atoms with Gasteiger partial charge in [0.05, 0.1) is 25.5 Å². The Kier molecular flexibility index (Phi) is 6.33. The van der Waals surface area contributed by atoms with E-state index in [4.69, 9.17) is 14.2 Å². The summed E-state index contributed by atoms with van der Waals surface area (Å²) in [6, 6.07) is 7.89. The number of benzene rings is 2. The minimum absolute atomic E-state index is 0.0607. The number of aromatic nitrogens is 2. The fourth-order valence-electron chi connectivity index (χ4n) is 3.45. The van der Waals surface area contributed by atoms with Crippen molar-refractivity contribution in [1.29, 1.82) is 0 Å². The first kappa shape index (κ1) is 24.9. The molecule has 190 valence electrons. The zero-order chi connectivity index (χ0) is 26.3. The molecule has 4 rings (SSSR count). The third-order valence-electron chi connectivity index (χ3n) is 5.18. The molecule has 0 fully saturated rings. The number of anilines is 1. The number of halogens is 6. The van der Waals surface area contributed by atoms with Gasteiger partial charge in [-0.1, -0.05) is 0 Å². The molecule has 7 nitrogen and oxygen atoms in total. The van der Waals surface area contributed by atoms with Crippen LogP contribution >= 0.6 is 0 Å². The highest BCUT2D eigenvalue weighted by Gasteiger charge is 2.42. The average molecular weight is 513 g/mol. The molecule has 3 aromatic rings. The summed E-state index contributed by atoms with van der Waals surface area (Å²) in [6.45, 7) is -0.0607. The van der Waals surface area contributed by atoms with Crippen molar-refractivity contribution in [2.45, 2.75) is 12.4 Å². The number of alkyl halides is 6. The van der Waals surface area contributed by atoms with Gasteiger partial charge >= 0.3 is 12.4 Å². The lowest BCUT2D eigenvalue weighted by molar-refractivity contribution is -0.143. The first-order valence-electron chi connectivity index (χ1n) is 10.2. The lowest BCUT2D eigenvalue weighted by Crippen LogP contribution is -2.21. The largest absolute Gasteiger partial charge is 0.493 e. The molecular formula is C23H17F6N3O4. The number of carbonyl (C=O) groups is 1. The second-order valence-corrected chi connectivity index (χ2v) is 7.53. The number of nitrogens with zero attached hydrogens (tertiary/aromatic N) is 2. The third kappa shape index (κ3) is 4.95. The van der Waals surface area contributed by atoms with Crippen LogP contribution in [0.3, 0.4) is 0 Å². The second kappa shape index (κ2) is 9.13. The van der Waals surface area contributed by atoms with Gasteiger partial charge in [0, 0.05) is 23.4 Å². The SMILES string of the molecule is COc1cc2c(cc1OC)OCC(C(=O)Nc1ccc(-n3nc(C(F)(F)F)cc3C(F)(F)F)cc1)=C2. The summed E-state index contributed by atoms with van der Waals surface area (Å²) in [6.07, 6.45) is -8.54. The number of hydrogen-bond donors (Lipinski definition) is 1. The lowest BCUT2D eigenvalue weighted by Gasteiger charge is -2.20. The number of nitrogens with one attached hydrogen (secondary N) is 1. The monoisotopic (exact) mass is 513 g/mol. The van der Waals surface area contributed by atoms with Crippen LogP contribution in [0, 0.1) is 0 Å². The van der Waals surface area contributed by atoms with Gasteiger partial charge < -0.3 is 19.5 Å². The molecule has 0 spiro atoms. The first-order valence-corrected chi connectivity index (χ1v) is 10.2. The van der Waals surface area contributed by atoms with Crippen molar-refractivity contribution in [3.8, 4) is 22.9 Å². The molecule has 0 unspecified atom stereocenters. The van der Waals surface area contributed by atoms with Crippen LogP contribution in [0.4, 0.5) is 32.0 Å². The lowest BCUT2D eigenvalue weighted by atomic mass is 10.1. The van der Waals surface area contributed by atoms with E-state index in [0.717, 1.165) is 12.1 Å². The fraction of sp³-hybridized carbons (Fsp3) is 0.217. The molecule has 0 radical (unpaired) electrons. The number of rotatable bonds is 5. The quantitative estimate of drug-likeness (QED) is 0.467. The molecule has 0 saturated carbocycles. The Bertz CT molecular complexity index is 1330. The Morgan fingerprint density at radius 1 is 0.972 bits per heavy atom. The number of hydrogen-bond acceptors (Lipinski definition) is 5. The summed E-state index contributed by atoms with van der Waals surface area (Å²) in [4.78, 5) is 12.7. The zero-order valence-electron chi connectivity index (χ0n) is 18.6. The summed E-state index contributed by atoms with van der Waals surface area (Å²) in [5.74, 6) is 0.814. The Labute approximate surface area is 199 Å². The maximum Gasteiger partial charge on any atom is 0.435 e. The van der Waals surface area contributed by atoms with E-state index in [1.807, 2.05) is 0 Å². The summed E-state index contributed by atoms with van der Waals surface area (Å²) < 4.78 is 94.8. The first-order chi connectivity index (χ1) is 16.9. The Morgan fingerprint density at radius 2 is 1.61 bits per heavy atom. The zero-order valence-corrected chi connectivity index (χ0v) is 18.6. The van der Waals surface area contributed by atoms with Crippen LogP contribution in [0.25, 0.3) is 11.8 Å². The topological polar surface area (TPSA) is 74.6 Å². The fourth-order valence-corrected chi connectivity index (χ4v) is 3.45. The normalized spacial score (nSPS) is 13.4. The van der Waals surface area contributed by atoms with Gasteiger partial charge in [-0.25, -0.2) is 4.68 Å². The van der Waals surface area contributed by atoms with E-state index < -0.39 is 29.6 Å². The second-order valence-electron chi connectivity index (χ2n) is 7.53. The van der Waals surface area contributed by atoms with Gasteiger partial charge in [0.1, 0.15) is 18.1 Å². The maximum atomic E-state index is 13.3. The molecule has 2 aromatic carbocycles. The molecule has 0 saturated heterocycles. The predicted molar refractivity (Wildman–Crippen MR) is 115 cm³/mol. The average Bonchev–Trinajstić information content (AvgIpc) is 3.30. The van der Waals surface area contributed by atoms with Crippen molar-refractivity contribution in [2.75, 3.05) is 26.1 Å². The van der Waals surface area contributed by atoms with Crippen LogP contribution in [0.1, 0.15) is 17.0 Å². The van der Waals surface area contributed by atoms with Crippen LogP contribution in [0.15, 0.2) is 48.0 Å². The van der Waals surface area contributed by atoms with Gasteiger partial charge in [0.25, 0.3) is 5.91 Å². The van der Waals surface area contributed by atoms with E-state index in [1.165, 1.54) is 26.4 Å². The number of ether oxygens (including phenoxy) is 3. The van der Waals surface area contributed by atoms with E-state index in [0.29, 0.717) is 22.8 Å². The van der Waals surface area contributed by atoms with Gasteiger partial charge in [-0.3, -0.25) is 4.79 Å². The van der Waals surface area contributed by atoms with Gasteiger partial charge in [-0.05, 0) is 36.4 Å². The number of amides is 1. The molecule has 13 heteroatoms. The van der Waals surface area contributed by atoms with Crippen molar-refractivity contribution in [1.82, 2.24) is 9.78 Å². The third-order valence-corrected chi connectivity index (χ3v) is 5.18. The minimum Gasteiger partial charge on any atom is -0.493 e. The number of fused-ring (bicyclic) bond motifs is 1. The standard InChI is InChI=1S/C23H17F6N3O4/c1-34-17-8-12-7-13(11-36-16(12)9-18(17)35-2)21(33)30-14-3-5-15(6-4-14)32-20(23(27,28)29)10-19(31-32)22(24,25)26/h3-10H,11H2,1-2H3,(H,30,33). The van der Waals surface area contributed by atoms with E-state index in [-0.39, 0.29) is 34.3 Å². The highest BCUT2D eigenvalue weighted by atomic mass is 19.4. The van der Waals surface area contributed by atoms with E-state index in [9.17, 15) is 31.1 Å². The molecule has 2 heterocycles.